The Labute approximate surface area is 420 Å². The number of piperidine rings is 1. The van der Waals surface area contributed by atoms with E-state index in [1.807, 2.05) is 27.7 Å². The zero-order valence-electron chi connectivity index (χ0n) is 44.6. The van der Waals surface area contributed by atoms with E-state index in [4.69, 9.17) is 4.74 Å². The first-order chi connectivity index (χ1) is 33.1. The minimum atomic E-state index is -1.60. The quantitative estimate of drug-likeness (QED) is 0.223. The molecule has 2 aliphatic rings. The zero-order valence-corrected chi connectivity index (χ0v) is 44.6. The topological polar surface area (TPSA) is 247 Å². The van der Waals surface area contributed by atoms with E-state index in [9.17, 15) is 48.3 Å². The van der Waals surface area contributed by atoms with Crippen LogP contribution >= 0.6 is 0 Å². The maximum Gasteiger partial charge on any atom is 0.248 e. The summed E-state index contributed by atoms with van der Waals surface area (Å²) in [6.07, 6.45) is 0.524. The van der Waals surface area contributed by atoms with Crippen LogP contribution in [0.15, 0.2) is 30.3 Å². The van der Waals surface area contributed by atoms with E-state index in [-0.39, 0.29) is 37.7 Å². The first kappa shape index (κ1) is 59.7. The summed E-state index contributed by atoms with van der Waals surface area (Å²) in [6.45, 7) is 17.2. The molecule has 9 atom stereocenters. The summed E-state index contributed by atoms with van der Waals surface area (Å²) < 4.78 is 6.00. The van der Waals surface area contributed by atoms with Gasteiger partial charge in [0.1, 0.15) is 48.3 Å². The Morgan fingerprint density at radius 2 is 1.18 bits per heavy atom. The molecule has 20 heteroatoms. The summed E-state index contributed by atoms with van der Waals surface area (Å²) in [6, 6.07) is -1.66. The molecular weight excluding hydrogens is 915 g/mol. The molecule has 20 nitrogen and oxygen atoms in total. The molecule has 2 heterocycles. The molecule has 2 aliphatic heterocycles. The van der Waals surface area contributed by atoms with E-state index in [1.165, 1.54) is 63.7 Å². The number of aliphatic hydroxyl groups excluding tert-OH is 1. The first-order valence-electron chi connectivity index (χ1n) is 25.0. The van der Waals surface area contributed by atoms with Gasteiger partial charge in [-0.1, -0.05) is 58.0 Å². The smallest absolute Gasteiger partial charge is 0.248 e. The number of carbonyl (C=O) groups is 9. The molecule has 0 radical (unpaired) electrons. The van der Waals surface area contributed by atoms with Gasteiger partial charge in [0.05, 0.1) is 24.7 Å². The highest BCUT2D eigenvalue weighted by atomic mass is 16.5. The number of nitrogens with zero attached hydrogens (tertiary/aromatic N) is 5. The highest BCUT2D eigenvalue weighted by molar-refractivity contribution is 5.99. The lowest BCUT2D eigenvalue weighted by Gasteiger charge is -2.37. The second-order valence-corrected chi connectivity index (χ2v) is 21.1. The van der Waals surface area contributed by atoms with E-state index in [0.29, 0.717) is 18.7 Å². The van der Waals surface area contributed by atoms with Gasteiger partial charge in [0.25, 0.3) is 0 Å². The highest BCUT2D eigenvalue weighted by Gasteiger charge is 2.42. The maximum absolute atomic E-state index is 14.8. The van der Waals surface area contributed by atoms with Crippen molar-refractivity contribution in [2.75, 3.05) is 47.9 Å². The van der Waals surface area contributed by atoms with Gasteiger partial charge in [-0.3, -0.25) is 43.2 Å². The van der Waals surface area contributed by atoms with Gasteiger partial charge in [-0.2, -0.15) is 0 Å². The van der Waals surface area contributed by atoms with Crippen LogP contribution in [0.5, 0.6) is 0 Å². The number of amides is 9. The van der Waals surface area contributed by atoms with Gasteiger partial charge in [0.2, 0.25) is 53.2 Å². The summed E-state index contributed by atoms with van der Waals surface area (Å²) in [5, 5.41) is 21.8. The number of likely N-dealkylation sites (tertiary alicyclic amines) is 1. The molecule has 1 aromatic rings. The van der Waals surface area contributed by atoms with E-state index in [2.05, 4.69) is 21.3 Å². The standard InChI is InChI=1S/C51H83N9O11/c1-30(2)25-38-44(64)53-36(48(68)60-23-19-16-20-24-60)28-41(62)52-32(5)46(66)59(14)40(27-35-21-17-15-18-22-35)49(69)58(13)39(26-31(3)4)45(65)55-42(34(7)61)50(70)56(11)33(6)43(63)54-37(47(67)57(38)12)29-71-51(8,9)10/h15,17-18,21-22,30-34,36-40,42,61H,16,19-20,23-29H2,1-14H3,(H,52,62)(H,53,64)(H,54,63)(H,55,65)/t32?,33-,34+,36?,37-,38-,39-,40-,42-/m0/s1. The van der Waals surface area contributed by atoms with Crippen LogP contribution in [0.25, 0.3) is 0 Å². The summed E-state index contributed by atoms with van der Waals surface area (Å²) in [5.74, 6) is -6.77. The number of rotatable bonds is 10. The molecule has 9 amide bonds. The third-order valence-corrected chi connectivity index (χ3v) is 13.1. The Hall–Kier alpha value is -5.63. The van der Waals surface area contributed by atoms with Crippen molar-refractivity contribution < 1.29 is 53.0 Å². The number of aliphatic hydroxyl groups is 1. The van der Waals surface area contributed by atoms with Gasteiger partial charge in [0.15, 0.2) is 0 Å². The van der Waals surface area contributed by atoms with Crippen LogP contribution in [-0.4, -0.2) is 191 Å². The van der Waals surface area contributed by atoms with E-state index in [1.54, 1.807) is 56.0 Å². The largest absolute Gasteiger partial charge is 0.391 e. The first-order valence-corrected chi connectivity index (χ1v) is 25.0. The van der Waals surface area contributed by atoms with Crippen molar-refractivity contribution in [1.82, 2.24) is 45.8 Å². The number of nitrogens with one attached hydrogen (secondary N) is 4. The van der Waals surface area contributed by atoms with Gasteiger partial charge in [-0.15, -0.1) is 0 Å². The summed E-state index contributed by atoms with van der Waals surface area (Å²) in [7, 11) is 5.53. The van der Waals surface area contributed by atoms with E-state index >= 15 is 0 Å². The van der Waals surface area contributed by atoms with Crippen LogP contribution in [0.4, 0.5) is 0 Å². The van der Waals surface area contributed by atoms with Crippen LogP contribution < -0.4 is 21.3 Å². The Morgan fingerprint density at radius 3 is 1.70 bits per heavy atom. The third-order valence-electron chi connectivity index (χ3n) is 13.1. The molecule has 0 spiro atoms. The van der Waals surface area contributed by atoms with Crippen LogP contribution in [0, 0.1) is 11.8 Å². The van der Waals surface area contributed by atoms with E-state index in [0.717, 1.165) is 24.2 Å². The molecule has 5 N–H and O–H groups in total. The van der Waals surface area contributed by atoms with Crippen molar-refractivity contribution in [3.05, 3.63) is 35.9 Å². The maximum atomic E-state index is 14.8. The SMILES string of the molecule is CC(C)C[C@H]1C(=O)NC(C(=O)N2CCCCC2)CC(=O)NC(C)C(=O)N(C)[C@@H](Cc2ccccc2)C(=O)N(C)[C@@H](CC(C)C)C(=O)N[C@@H]([C@@H](C)O)C(=O)N(C)[C@@H](C)C(=O)N[C@@H](COC(C)(C)C)C(=O)N1C. The number of likely N-dealkylation sites (N-methyl/N-ethyl adjacent to an activating group) is 4. The molecule has 0 aromatic heterocycles. The number of hydrogen-bond donors (Lipinski definition) is 5. The lowest BCUT2D eigenvalue weighted by Crippen LogP contribution is -2.62. The average Bonchev–Trinajstić information content (AvgIpc) is 3.31. The fraction of sp³-hybridized carbons (Fsp3) is 0.706. The van der Waals surface area contributed by atoms with Crippen molar-refractivity contribution in [3.63, 3.8) is 0 Å². The molecule has 398 valence electrons. The van der Waals surface area contributed by atoms with Crippen molar-refractivity contribution in [2.45, 2.75) is 174 Å². The fourth-order valence-corrected chi connectivity index (χ4v) is 8.62. The summed E-state index contributed by atoms with van der Waals surface area (Å²) >= 11 is 0. The average molecular weight is 998 g/mol. The van der Waals surface area contributed by atoms with Crippen molar-refractivity contribution in [3.8, 4) is 0 Å². The molecule has 0 bridgehead atoms. The molecular formula is C51H83N9O11. The molecule has 1 aromatic carbocycles. The Morgan fingerprint density at radius 1 is 0.662 bits per heavy atom. The van der Waals surface area contributed by atoms with Gasteiger partial charge >= 0.3 is 0 Å². The number of benzene rings is 1. The van der Waals surface area contributed by atoms with Crippen LogP contribution in [0.1, 0.15) is 113 Å². The summed E-state index contributed by atoms with van der Waals surface area (Å²) in [5.41, 5.74) is -0.0945. The van der Waals surface area contributed by atoms with Gasteiger partial charge < -0.3 is 55.6 Å². The van der Waals surface area contributed by atoms with Gasteiger partial charge in [0, 0.05) is 47.7 Å². The Bertz CT molecular complexity index is 2020. The molecule has 0 saturated carbocycles. The van der Waals surface area contributed by atoms with Gasteiger partial charge in [-0.25, -0.2) is 0 Å². The predicted molar refractivity (Wildman–Crippen MR) is 267 cm³/mol. The monoisotopic (exact) mass is 998 g/mol. The molecule has 2 fully saturated rings. The molecule has 71 heavy (non-hydrogen) atoms. The van der Waals surface area contributed by atoms with Crippen LogP contribution in [-0.2, 0) is 54.3 Å². The minimum Gasteiger partial charge on any atom is -0.391 e. The second kappa shape index (κ2) is 26.7. The second-order valence-electron chi connectivity index (χ2n) is 21.1. The molecule has 0 aliphatic carbocycles. The van der Waals surface area contributed by atoms with Crippen LogP contribution in [0.3, 0.4) is 0 Å². The third kappa shape index (κ3) is 17.3. The van der Waals surface area contributed by atoms with Gasteiger partial charge in [-0.05, 0) is 91.0 Å². The van der Waals surface area contributed by atoms with Crippen molar-refractivity contribution in [2.24, 2.45) is 11.8 Å². The molecule has 3 rings (SSSR count). The normalized spacial score (nSPS) is 26.7. The van der Waals surface area contributed by atoms with E-state index < -0.39 is 120 Å². The number of carbonyl (C=O) groups excluding carboxylic acids is 9. The van der Waals surface area contributed by atoms with Crippen molar-refractivity contribution in [1.29, 1.82) is 0 Å². The molecule has 2 saturated heterocycles. The minimum absolute atomic E-state index is 0.0125. The summed E-state index contributed by atoms with van der Waals surface area (Å²) in [4.78, 5) is 136. The zero-order chi connectivity index (χ0) is 53.7. The molecule has 2 unspecified atom stereocenters. The number of hydrogen-bond acceptors (Lipinski definition) is 11. The predicted octanol–water partition coefficient (Wildman–Crippen LogP) is 1.22. The Balaban J connectivity index is 2.24. The number of ether oxygens (including phenoxy) is 1. The lowest BCUT2D eigenvalue weighted by molar-refractivity contribution is -0.150. The van der Waals surface area contributed by atoms with Crippen molar-refractivity contribution >= 4 is 53.2 Å². The van der Waals surface area contributed by atoms with Crippen LogP contribution in [0.2, 0.25) is 0 Å². The fourth-order valence-electron chi connectivity index (χ4n) is 8.62. The highest BCUT2D eigenvalue weighted by Crippen LogP contribution is 2.20. The Kier molecular flexibility index (Phi) is 22.5. The lowest BCUT2D eigenvalue weighted by atomic mass is 9.98.